The van der Waals surface area contributed by atoms with Crippen LogP contribution in [0.1, 0.15) is 38.4 Å². The van der Waals surface area contributed by atoms with Crippen molar-refractivity contribution in [2.24, 2.45) is 0 Å². The van der Waals surface area contributed by atoms with E-state index in [1.54, 1.807) is 0 Å². The summed E-state index contributed by atoms with van der Waals surface area (Å²) in [4.78, 5) is 2.17. The molecule has 0 bridgehead atoms. The van der Waals surface area contributed by atoms with E-state index in [0.717, 1.165) is 17.9 Å². The summed E-state index contributed by atoms with van der Waals surface area (Å²) >= 11 is 0. The maximum Gasteiger partial charge on any atom is 0.119 e. The lowest BCUT2D eigenvalue weighted by Gasteiger charge is -2.20. The second-order valence-corrected chi connectivity index (χ2v) is 4.63. The maximum absolute atomic E-state index is 10.1. The summed E-state index contributed by atoms with van der Waals surface area (Å²) in [6.45, 7) is 6.52. The smallest absolute Gasteiger partial charge is 0.119 e. The fraction of sp³-hybridized carbons (Fsp3) is 0.600. The Balaban J connectivity index is 2.47. The monoisotopic (exact) mass is 251 g/mol. The van der Waals surface area contributed by atoms with Gasteiger partial charge in [-0.2, -0.15) is 0 Å². The number of likely N-dealkylation sites (N-methyl/N-ethyl adjacent to an activating group) is 1. The first-order chi connectivity index (χ1) is 8.67. The lowest BCUT2D eigenvalue weighted by Crippen LogP contribution is -2.25. The first kappa shape index (κ1) is 15.0. The Labute approximate surface area is 110 Å². The molecule has 1 aromatic carbocycles. The molecule has 0 spiro atoms. The van der Waals surface area contributed by atoms with Crippen molar-refractivity contribution in [2.45, 2.75) is 32.8 Å². The van der Waals surface area contributed by atoms with E-state index in [4.69, 9.17) is 4.74 Å². The van der Waals surface area contributed by atoms with Crippen molar-refractivity contribution in [3.63, 3.8) is 0 Å². The highest BCUT2D eigenvalue weighted by Gasteiger charge is 2.10. The number of aliphatic hydroxyl groups excluding tert-OH is 1. The molecule has 1 aromatic rings. The molecule has 0 radical (unpaired) electrons. The Morgan fingerprint density at radius 1 is 1.22 bits per heavy atom. The van der Waals surface area contributed by atoms with Gasteiger partial charge in [-0.25, -0.2) is 0 Å². The summed E-state index contributed by atoms with van der Waals surface area (Å²) in [5, 5.41) is 10.1. The molecule has 3 nitrogen and oxygen atoms in total. The molecule has 1 unspecified atom stereocenters. The minimum Gasteiger partial charge on any atom is -0.494 e. The summed E-state index contributed by atoms with van der Waals surface area (Å²) in [6.07, 6.45) is 1.93. The predicted octanol–water partition coefficient (Wildman–Crippen LogP) is 2.85. The van der Waals surface area contributed by atoms with Crippen LogP contribution < -0.4 is 4.74 Å². The van der Waals surface area contributed by atoms with Crippen LogP contribution in [0.3, 0.4) is 0 Å². The van der Waals surface area contributed by atoms with Crippen LogP contribution in [0.15, 0.2) is 24.3 Å². The van der Waals surface area contributed by atoms with Crippen molar-refractivity contribution in [1.82, 2.24) is 4.90 Å². The molecule has 0 fully saturated rings. The summed E-state index contributed by atoms with van der Waals surface area (Å²) in [7, 11) is 2.05. The van der Waals surface area contributed by atoms with E-state index in [2.05, 4.69) is 11.8 Å². The van der Waals surface area contributed by atoms with Gasteiger partial charge in [-0.3, -0.25) is 0 Å². The van der Waals surface area contributed by atoms with Gasteiger partial charge in [0.05, 0.1) is 12.7 Å². The molecule has 0 saturated carbocycles. The third kappa shape index (κ3) is 5.07. The molecule has 0 aliphatic carbocycles. The average molecular weight is 251 g/mol. The second-order valence-electron chi connectivity index (χ2n) is 4.63. The third-order valence-corrected chi connectivity index (χ3v) is 2.95. The Morgan fingerprint density at radius 3 is 2.44 bits per heavy atom. The fourth-order valence-corrected chi connectivity index (χ4v) is 1.87. The van der Waals surface area contributed by atoms with Crippen LogP contribution in [0.4, 0.5) is 0 Å². The zero-order valence-electron chi connectivity index (χ0n) is 11.7. The van der Waals surface area contributed by atoms with E-state index in [-0.39, 0.29) is 0 Å². The van der Waals surface area contributed by atoms with E-state index in [9.17, 15) is 5.11 Å². The van der Waals surface area contributed by atoms with Gasteiger partial charge in [0, 0.05) is 6.54 Å². The van der Waals surface area contributed by atoms with Crippen molar-refractivity contribution in [3.8, 4) is 5.75 Å². The number of aliphatic hydroxyl groups is 1. The van der Waals surface area contributed by atoms with Gasteiger partial charge in [-0.05, 0) is 44.6 Å². The SMILES string of the molecule is CCCCN(C)CC(O)c1ccc(OCC)cc1. The Bertz CT molecular complexity index is 324. The highest BCUT2D eigenvalue weighted by molar-refractivity contribution is 5.28. The molecule has 0 heterocycles. The zero-order chi connectivity index (χ0) is 13.4. The Morgan fingerprint density at radius 2 is 1.89 bits per heavy atom. The summed E-state index contributed by atoms with van der Waals surface area (Å²) in [5.41, 5.74) is 0.946. The minimum absolute atomic E-state index is 0.428. The number of hydrogen-bond donors (Lipinski definition) is 1. The van der Waals surface area contributed by atoms with Gasteiger partial charge in [0.25, 0.3) is 0 Å². The summed E-state index contributed by atoms with van der Waals surface area (Å²) in [6, 6.07) is 7.69. The van der Waals surface area contributed by atoms with Gasteiger partial charge in [-0.15, -0.1) is 0 Å². The topological polar surface area (TPSA) is 32.7 Å². The van der Waals surface area contributed by atoms with Crippen LogP contribution in [0.25, 0.3) is 0 Å². The Kier molecular flexibility index (Phi) is 6.76. The van der Waals surface area contributed by atoms with Gasteiger partial charge in [0.2, 0.25) is 0 Å². The quantitative estimate of drug-likeness (QED) is 0.771. The molecule has 0 saturated heterocycles. The van der Waals surface area contributed by atoms with E-state index < -0.39 is 6.10 Å². The largest absolute Gasteiger partial charge is 0.494 e. The van der Waals surface area contributed by atoms with Crippen molar-refractivity contribution in [2.75, 3.05) is 26.7 Å². The molecule has 18 heavy (non-hydrogen) atoms. The summed E-state index contributed by atoms with van der Waals surface area (Å²) in [5.74, 6) is 0.854. The molecule has 3 heteroatoms. The molecule has 0 aliphatic rings. The lowest BCUT2D eigenvalue weighted by atomic mass is 10.1. The van der Waals surface area contributed by atoms with Crippen molar-refractivity contribution in [1.29, 1.82) is 0 Å². The minimum atomic E-state index is -0.428. The number of unbranched alkanes of at least 4 members (excludes halogenated alkanes) is 1. The third-order valence-electron chi connectivity index (χ3n) is 2.95. The van der Waals surface area contributed by atoms with Gasteiger partial charge >= 0.3 is 0 Å². The highest BCUT2D eigenvalue weighted by Crippen LogP contribution is 2.18. The Hall–Kier alpha value is -1.06. The zero-order valence-corrected chi connectivity index (χ0v) is 11.7. The van der Waals surface area contributed by atoms with Crippen molar-refractivity contribution >= 4 is 0 Å². The van der Waals surface area contributed by atoms with Gasteiger partial charge in [0.15, 0.2) is 0 Å². The van der Waals surface area contributed by atoms with Gasteiger partial charge in [0.1, 0.15) is 5.75 Å². The van der Waals surface area contributed by atoms with E-state index in [1.165, 1.54) is 12.8 Å². The molecular weight excluding hydrogens is 226 g/mol. The van der Waals surface area contributed by atoms with E-state index in [1.807, 2.05) is 38.2 Å². The first-order valence-corrected chi connectivity index (χ1v) is 6.76. The van der Waals surface area contributed by atoms with Crippen molar-refractivity contribution in [3.05, 3.63) is 29.8 Å². The van der Waals surface area contributed by atoms with Crippen LogP contribution in [0, 0.1) is 0 Å². The number of nitrogens with zero attached hydrogens (tertiary/aromatic N) is 1. The standard InChI is InChI=1S/C15H25NO2/c1-4-6-11-16(3)12-15(17)13-7-9-14(10-8-13)18-5-2/h7-10,15,17H,4-6,11-12H2,1-3H3. The van der Waals surface area contributed by atoms with Crippen LogP contribution >= 0.6 is 0 Å². The summed E-state index contributed by atoms with van der Waals surface area (Å²) < 4.78 is 5.38. The fourth-order valence-electron chi connectivity index (χ4n) is 1.87. The molecule has 102 valence electrons. The predicted molar refractivity (Wildman–Crippen MR) is 75.0 cm³/mol. The van der Waals surface area contributed by atoms with Crippen LogP contribution in [-0.2, 0) is 0 Å². The molecule has 1 atom stereocenters. The molecule has 1 rings (SSSR count). The average Bonchev–Trinajstić information content (AvgIpc) is 2.37. The molecular formula is C15H25NO2. The highest BCUT2D eigenvalue weighted by atomic mass is 16.5. The van der Waals surface area contributed by atoms with E-state index in [0.29, 0.717) is 13.2 Å². The molecule has 0 aliphatic heterocycles. The number of hydrogen-bond acceptors (Lipinski definition) is 3. The van der Waals surface area contributed by atoms with Gasteiger partial charge in [-0.1, -0.05) is 25.5 Å². The maximum atomic E-state index is 10.1. The normalized spacial score (nSPS) is 12.7. The van der Waals surface area contributed by atoms with Crippen LogP contribution in [0.2, 0.25) is 0 Å². The van der Waals surface area contributed by atoms with E-state index >= 15 is 0 Å². The number of ether oxygens (including phenoxy) is 1. The van der Waals surface area contributed by atoms with Gasteiger partial charge < -0.3 is 14.7 Å². The van der Waals surface area contributed by atoms with Crippen LogP contribution in [-0.4, -0.2) is 36.8 Å². The second kappa shape index (κ2) is 8.11. The number of rotatable bonds is 8. The van der Waals surface area contributed by atoms with Crippen molar-refractivity contribution < 1.29 is 9.84 Å². The van der Waals surface area contributed by atoms with Crippen LogP contribution in [0.5, 0.6) is 5.75 Å². The molecule has 0 aromatic heterocycles. The molecule has 0 amide bonds. The lowest BCUT2D eigenvalue weighted by molar-refractivity contribution is 0.126. The molecule has 1 N–H and O–H groups in total. The first-order valence-electron chi connectivity index (χ1n) is 6.76. The number of benzene rings is 1.